The highest BCUT2D eigenvalue weighted by atomic mass is 16.5. The lowest BCUT2D eigenvalue weighted by Gasteiger charge is -2.08. The van der Waals surface area contributed by atoms with Crippen molar-refractivity contribution in [1.82, 2.24) is 5.32 Å². The molecule has 0 aromatic heterocycles. The highest BCUT2D eigenvalue weighted by molar-refractivity contribution is 5.69. The van der Waals surface area contributed by atoms with Gasteiger partial charge in [-0.1, -0.05) is 6.92 Å². The Hall–Kier alpha value is -0.610. The smallest absolute Gasteiger partial charge is 0.306 e. The molecule has 0 saturated carbocycles. The number of esters is 1. The van der Waals surface area contributed by atoms with E-state index in [2.05, 4.69) is 10.1 Å². The van der Waals surface area contributed by atoms with Crippen LogP contribution in [-0.4, -0.2) is 37.9 Å². The highest BCUT2D eigenvalue weighted by Crippen LogP contribution is 1.89. The van der Waals surface area contributed by atoms with Gasteiger partial charge in [-0.05, 0) is 12.5 Å². The average molecular weight is 175 g/mol. The molecule has 0 aromatic rings. The first-order chi connectivity index (χ1) is 5.70. The Morgan fingerprint density at radius 1 is 1.67 bits per heavy atom. The molecule has 72 valence electrons. The lowest BCUT2D eigenvalue weighted by atomic mass is 10.2. The van der Waals surface area contributed by atoms with E-state index in [4.69, 9.17) is 5.11 Å². The Balaban J connectivity index is 3.15. The number of aliphatic hydroxyl groups is 1. The van der Waals surface area contributed by atoms with Crippen LogP contribution < -0.4 is 5.32 Å². The number of carbonyl (C=O) groups excluding carboxylic acids is 1. The minimum absolute atomic E-state index is 0.172. The van der Waals surface area contributed by atoms with Crippen molar-refractivity contribution in [2.75, 3.05) is 26.8 Å². The molecule has 4 heteroatoms. The van der Waals surface area contributed by atoms with E-state index in [0.29, 0.717) is 13.0 Å². The number of hydrogen-bond acceptors (Lipinski definition) is 4. The maximum atomic E-state index is 10.6. The third kappa shape index (κ3) is 6.12. The zero-order chi connectivity index (χ0) is 9.40. The summed E-state index contributed by atoms with van der Waals surface area (Å²) in [5.41, 5.74) is 0. The standard InChI is InChI=1S/C8H17NO3/c1-7(6-10)5-9-4-3-8(11)12-2/h7,9-10H,3-6H2,1-2H3. The third-order valence-corrected chi connectivity index (χ3v) is 1.54. The van der Waals surface area contributed by atoms with Gasteiger partial charge < -0.3 is 15.2 Å². The van der Waals surface area contributed by atoms with Gasteiger partial charge in [0.1, 0.15) is 0 Å². The van der Waals surface area contributed by atoms with Gasteiger partial charge in [0, 0.05) is 13.2 Å². The van der Waals surface area contributed by atoms with Gasteiger partial charge in [0.25, 0.3) is 0 Å². The Morgan fingerprint density at radius 3 is 2.83 bits per heavy atom. The van der Waals surface area contributed by atoms with Crippen LogP contribution in [0.25, 0.3) is 0 Å². The first-order valence-corrected chi connectivity index (χ1v) is 4.09. The maximum Gasteiger partial charge on any atom is 0.306 e. The number of carbonyl (C=O) groups is 1. The van der Waals surface area contributed by atoms with Crippen molar-refractivity contribution in [1.29, 1.82) is 0 Å². The molecule has 0 aliphatic rings. The molecule has 0 heterocycles. The molecule has 0 aromatic carbocycles. The van der Waals surface area contributed by atoms with Crippen LogP contribution in [0.5, 0.6) is 0 Å². The minimum Gasteiger partial charge on any atom is -0.469 e. The van der Waals surface area contributed by atoms with Crippen LogP contribution in [-0.2, 0) is 9.53 Å². The summed E-state index contributed by atoms with van der Waals surface area (Å²) in [7, 11) is 1.37. The SMILES string of the molecule is COC(=O)CCNCC(C)CO. The summed E-state index contributed by atoms with van der Waals surface area (Å²) < 4.78 is 4.46. The van der Waals surface area contributed by atoms with Gasteiger partial charge in [-0.25, -0.2) is 0 Å². The van der Waals surface area contributed by atoms with E-state index in [0.717, 1.165) is 6.54 Å². The van der Waals surface area contributed by atoms with Crippen molar-refractivity contribution >= 4 is 5.97 Å². The first kappa shape index (κ1) is 11.4. The lowest BCUT2D eigenvalue weighted by molar-refractivity contribution is -0.140. The van der Waals surface area contributed by atoms with E-state index < -0.39 is 0 Å². The van der Waals surface area contributed by atoms with Gasteiger partial charge in [0.15, 0.2) is 0 Å². The van der Waals surface area contributed by atoms with Gasteiger partial charge in [-0.2, -0.15) is 0 Å². The predicted octanol–water partition coefficient (Wildman–Crippen LogP) is -0.233. The van der Waals surface area contributed by atoms with Crippen LogP contribution in [0.1, 0.15) is 13.3 Å². The van der Waals surface area contributed by atoms with Crippen molar-refractivity contribution in [3.8, 4) is 0 Å². The van der Waals surface area contributed by atoms with Crippen LogP contribution in [0.4, 0.5) is 0 Å². The second kappa shape index (κ2) is 7.06. The topological polar surface area (TPSA) is 58.6 Å². The third-order valence-electron chi connectivity index (χ3n) is 1.54. The molecule has 1 atom stereocenters. The number of ether oxygens (including phenoxy) is 1. The van der Waals surface area contributed by atoms with E-state index >= 15 is 0 Å². The molecule has 0 aliphatic heterocycles. The van der Waals surface area contributed by atoms with Crippen molar-refractivity contribution in [3.05, 3.63) is 0 Å². The van der Waals surface area contributed by atoms with Crippen LogP contribution in [0.2, 0.25) is 0 Å². The van der Waals surface area contributed by atoms with Crippen molar-refractivity contribution in [2.24, 2.45) is 5.92 Å². The number of hydrogen-bond donors (Lipinski definition) is 2. The monoisotopic (exact) mass is 175 g/mol. The molecule has 0 bridgehead atoms. The molecular weight excluding hydrogens is 158 g/mol. The van der Waals surface area contributed by atoms with E-state index in [-0.39, 0.29) is 18.5 Å². The van der Waals surface area contributed by atoms with E-state index in [1.165, 1.54) is 7.11 Å². The highest BCUT2D eigenvalue weighted by Gasteiger charge is 2.01. The number of rotatable bonds is 6. The van der Waals surface area contributed by atoms with Gasteiger partial charge in [0.05, 0.1) is 13.5 Å². The quantitative estimate of drug-likeness (QED) is 0.432. The average Bonchev–Trinajstić information content (AvgIpc) is 2.11. The second-order valence-electron chi connectivity index (χ2n) is 2.82. The van der Waals surface area contributed by atoms with Crippen molar-refractivity contribution in [2.45, 2.75) is 13.3 Å². The maximum absolute atomic E-state index is 10.6. The zero-order valence-corrected chi connectivity index (χ0v) is 7.67. The number of methoxy groups -OCH3 is 1. The summed E-state index contributed by atoms with van der Waals surface area (Å²) in [6, 6.07) is 0. The molecule has 0 saturated heterocycles. The summed E-state index contributed by atoms with van der Waals surface area (Å²) in [5, 5.41) is 11.7. The van der Waals surface area contributed by atoms with Gasteiger partial charge in [0.2, 0.25) is 0 Å². The van der Waals surface area contributed by atoms with E-state index in [1.54, 1.807) is 0 Å². The predicted molar refractivity (Wildman–Crippen MR) is 45.8 cm³/mol. The van der Waals surface area contributed by atoms with Gasteiger partial charge >= 0.3 is 5.97 Å². The molecule has 0 spiro atoms. The Morgan fingerprint density at radius 2 is 2.33 bits per heavy atom. The first-order valence-electron chi connectivity index (χ1n) is 4.09. The summed E-state index contributed by atoms with van der Waals surface area (Å²) in [6.45, 7) is 3.45. The largest absolute Gasteiger partial charge is 0.469 e. The van der Waals surface area contributed by atoms with Gasteiger partial charge in [-0.3, -0.25) is 4.79 Å². The molecule has 2 N–H and O–H groups in total. The molecule has 0 rings (SSSR count). The number of aliphatic hydroxyl groups excluding tert-OH is 1. The van der Waals surface area contributed by atoms with Crippen molar-refractivity contribution in [3.63, 3.8) is 0 Å². The fourth-order valence-electron chi connectivity index (χ4n) is 0.706. The fraction of sp³-hybridized carbons (Fsp3) is 0.875. The molecule has 0 aliphatic carbocycles. The molecule has 1 unspecified atom stereocenters. The Kier molecular flexibility index (Phi) is 6.70. The minimum atomic E-state index is -0.209. The normalized spacial score (nSPS) is 12.6. The molecule has 4 nitrogen and oxygen atoms in total. The van der Waals surface area contributed by atoms with E-state index in [1.807, 2.05) is 6.92 Å². The molecular formula is C8H17NO3. The van der Waals surface area contributed by atoms with Gasteiger partial charge in [-0.15, -0.1) is 0 Å². The summed E-state index contributed by atoms with van der Waals surface area (Å²) in [5.74, 6) is 0.0294. The fourth-order valence-corrected chi connectivity index (χ4v) is 0.706. The number of nitrogens with one attached hydrogen (secondary N) is 1. The van der Waals surface area contributed by atoms with Crippen LogP contribution in [0.15, 0.2) is 0 Å². The van der Waals surface area contributed by atoms with E-state index in [9.17, 15) is 4.79 Å². The summed E-state index contributed by atoms with van der Waals surface area (Å²) in [4.78, 5) is 10.6. The van der Waals surface area contributed by atoms with Crippen LogP contribution in [0.3, 0.4) is 0 Å². The van der Waals surface area contributed by atoms with Crippen molar-refractivity contribution < 1.29 is 14.6 Å². The Labute approximate surface area is 72.9 Å². The summed E-state index contributed by atoms with van der Waals surface area (Å²) >= 11 is 0. The zero-order valence-electron chi connectivity index (χ0n) is 7.67. The summed E-state index contributed by atoms with van der Waals surface area (Å²) in [6.07, 6.45) is 0.384. The second-order valence-corrected chi connectivity index (χ2v) is 2.82. The lowest BCUT2D eigenvalue weighted by Crippen LogP contribution is -2.25. The van der Waals surface area contributed by atoms with Crippen LogP contribution >= 0.6 is 0 Å². The molecule has 0 radical (unpaired) electrons. The molecule has 12 heavy (non-hydrogen) atoms. The molecule has 0 amide bonds. The van der Waals surface area contributed by atoms with Crippen LogP contribution in [0, 0.1) is 5.92 Å². The molecule has 0 fully saturated rings. The Bertz CT molecular complexity index is 127.